The lowest BCUT2D eigenvalue weighted by molar-refractivity contribution is 0.535. The molecule has 15 heavy (non-hydrogen) atoms. The molecule has 0 saturated heterocycles. The molecule has 2 aromatic heterocycles. The molecule has 0 fully saturated rings. The molecule has 0 aliphatic carbocycles. The minimum Gasteiger partial charge on any atom is -0.469 e. The zero-order valence-electron chi connectivity index (χ0n) is 8.92. The molecule has 2 aromatic rings. The Bertz CT molecular complexity index is 554. The molecule has 0 bridgehead atoms. The van der Waals surface area contributed by atoms with Gasteiger partial charge < -0.3 is 9.40 Å². The number of aromatic nitrogens is 2. The smallest absolute Gasteiger partial charge is 0.142 e. The largest absolute Gasteiger partial charge is 0.469 e. The second-order valence-corrected chi connectivity index (χ2v) is 3.92. The van der Waals surface area contributed by atoms with E-state index >= 15 is 0 Å². The van der Waals surface area contributed by atoms with Gasteiger partial charge in [-0.25, -0.2) is 4.98 Å². The number of H-pyrrole nitrogens is 1. The van der Waals surface area contributed by atoms with E-state index < -0.39 is 0 Å². The van der Waals surface area contributed by atoms with Crippen LogP contribution in [0.3, 0.4) is 0 Å². The summed E-state index contributed by atoms with van der Waals surface area (Å²) < 4.78 is 5.88. The highest BCUT2D eigenvalue weighted by Gasteiger charge is 2.08. The average molecular weight is 220 g/mol. The van der Waals surface area contributed by atoms with Gasteiger partial charge in [-0.3, -0.25) is 0 Å². The summed E-state index contributed by atoms with van der Waals surface area (Å²) >= 11 is 5.18. The predicted octanol–water partition coefficient (Wildman–Crippen LogP) is 3.32. The maximum atomic E-state index is 5.23. The van der Waals surface area contributed by atoms with Gasteiger partial charge in [-0.2, -0.15) is 0 Å². The van der Waals surface area contributed by atoms with E-state index in [1.54, 1.807) is 6.26 Å². The molecule has 78 valence electrons. The Morgan fingerprint density at radius 1 is 1.33 bits per heavy atom. The van der Waals surface area contributed by atoms with Gasteiger partial charge in [0.25, 0.3) is 0 Å². The van der Waals surface area contributed by atoms with Crippen LogP contribution < -0.4 is 0 Å². The van der Waals surface area contributed by atoms with Crippen LogP contribution in [0, 0.1) is 25.4 Å². The van der Waals surface area contributed by atoms with Crippen LogP contribution in [0.15, 0.2) is 16.7 Å². The first-order chi connectivity index (χ1) is 7.09. The lowest BCUT2D eigenvalue weighted by Gasteiger charge is -2.04. The summed E-state index contributed by atoms with van der Waals surface area (Å²) in [5.41, 5.74) is 3.03. The van der Waals surface area contributed by atoms with Gasteiger partial charge in [0.2, 0.25) is 0 Å². The molecule has 0 spiro atoms. The van der Waals surface area contributed by atoms with Crippen molar-refractivity contribution < 1.29 is 4.42 Å². The van der Waals surface area contributed by atoms with Gasteiger partial charge in [0.1, 0.15) is 16.2 Å². The lowest BCUT2D eigenvalue weighted by atomic mass is 10.2. The molecule has 0 unspecified atom stereocenters. The van der Waals surface area contributed by atoms with Crippen molar-refractivity contribution in [3.8, 4) is 11.4 Å². The van der Waals surface area contributed by atoms with Crippen molar-refractivity contribution >= 4 is 12.2 Å². The van der Waals surface area contributed by atoms with Crippen LogP contribution in [0.1, 0.15) is 17.0 Å². The van der Waals surface area contributed by atoms with Crippen molar-refractivity contribution in [2.24, 2.45) is 0 Å². The summed E-state index contributed by atoms with van der Waals surface area (Å²) in [6.07, 6.45) is 1.65. The van der Waals surface area contributed by atoms with Gasteiger partial charge in [-0.05, 0) is 26.8 Å². The number of rotatable bonds is 1. The van der Waals surface area contributed by atoms with Gasteiger partial charge in [-0.15, -0.1) is 0 Å². The van der Waals surface area contributed by atoms with Crippen molar-refractivity contribution in [3.63, 3.8) is 0 Å². The molecule has 2 heterocycles. The number of hydrogen-bond donors (Lipinski definition) is 1. The Balaban J connectivity index is 2.66. The molecule has 0 aromatic carbocycles. The number of aromatic amines is 1. The second-order valence-electron chi connectivity index (χ2n) is 3.53. The zero-order chi connectivity index (χ0) is 11.0. The van der Waals surface area contributed by atoms with Gasteiger partial charge in [-0.1, -0.05) is 12.2 Å². The Morgan fingerprint density at radius 3 is 2.60 bits per heavy atom. The van der Waals surface area contributed by atoms with Crippen molar-refractivity contribution in [2.75, 3.05) is 0 Å². The molecule has 1 N–H and O–H groups in total. The molecule has 0 radical (unpaired) electrons. The van der Waals surface area contributed by atoms with Gasteiger partial charge in [0, 0.05) is 11.3 Å². The first-order valence-electron chi connectivity index (χ1n) is 4.71. The van der Waals surface area contributed by atoms with E-state index in [2.05, 4.69) is 9.97 Å². The van der Waals surface area contributed by atoms with Crippen LogP contribution in [0.2, 0.25) is 0 Å². The fraction of sp³-hybridized carbons (Fsp3) is 0.273. The first kappa shape index (κ1) is 10.1. The van der Waals surface area contributed by atoms with Crippen LogP contribution in [-0.2, 0) is 0 Å². The van der Waals surface area contributed by atoms with Crippen molar-refractivity contribution in [1.29, 1.82) is 0 Å². The van der Waals surface area contributed by atoms with Crippen LogP contribution in [0.4, 0.5) is 0 Å². The minimum absolute atomic E-state index is 0.641. The average Bonchev–Trinajstić information content (AvgIpc) is 2.60. The Hall–Kier alpha value is -1.42. The van der Waals surface area contributed by atoms with E-state index in [1.807, 2.05) is 26.8 Å². The topological polar surface area (TPSA) is 41.8 Å². The second kappa shape index (κ2) is 3.62. The standard InChI is InChI=1S/C11H12N2OS/c1-6-7(2)12-10(13-11(6)15)9-4-5-14-8(9)3/h4-5H,1-3H3,(H,12,13,15). The third-order valence-corrected chi connectivity index (χ3v) is 2.91. The highest BCUT2D eigenvalue weighted by molar-refractivity contribution is 7.71. The van der Waals surface area contributed by atoms with Crippen LogP contribution >= 0.6 is 12.2 Å². The summed E-state index contributed by atoms with van der Waals surface area (Å²) in [5, 5.41) is 0. The molecule has 0 aliphatic heterocycles. The number of hydrogen-bond acceptors (Lipinski definition) is 3. The molecule has 3 nitrogen and oxygen atoms in total. The molecule has 4 heteroatoms. The normalized spacial score (nSPS) is 10.6. The Kier molecular flexibility index (Phi) is 2.44. The highest BCUT2D eigenvalue weighted by Crippen LogP contribution is 2.21. The van der Waals surface area contributed by atoms with E-state index in [0.29, 0.717) is 4.64 Å². The maximum Gasteiger partial charge on any atom is 0.142 e. The summed E-state index contributed by atoms with van der Waals surface area (Å²) in [5.74, 6) is 1.62. The van der Waals surface area contributed by atoms with Crippen molar-refractivity contribution in [3.05, 3.63) is 34.0 Å². The van der Waals surface area contributed by atoms with Gasteiger partial charge in [0.15, 0.2) is 0 Å². The molecular weight excluding hydrogens is 208 g/mol. The summed E-state index contributed by atoms with van der Waals surface area (Å²) in [4.78, 5) is 7.56. The fourth-order valence-corrected chi connectivity index (χ4v) is 1.65. The summed E-state index contributed by atoms with van der Waals surface area (Å²) in [6, 6.07) is 1.89. The maximum absolute atomic E-state index is 5.23. The third kappa shape index (κ3) is 1.72. The summed E-state index contributed by atoms with van der Waals surface area (Å²) in [7, 11) is 0. The van der Waals surface area contributed by atoms with Gasteiger partial charge >= 0.3 is 0 Å². The highest BCUT2D eigenvalue weighted by atomic mass is 32.1. The van der Waals surface area contributed by atoms with Crippen LogP contribution in [0.25, 0.3) is 11.4 Å². The molecule has 0 aliphatic rings. The lowest BCUT2D eigenvalue weighted by Crippen LogP contribution is -1.96. The molecular formula is C11H12N2OS. The van der Waals surface area contributed by atoms with Crippen molar-refractivity contribution in [1.82, 2.24) is 9.97 Å². The third-order valence-electron chi connectivity index (χ3n) is 2.52. The first-order valence-corrected chi connectivity index (χ1v) is 5.12. The number of furan rings is 1. The summed E-state index contributed by atoms with van der Waals surface area (Å²) in [6.45, 7) is 5.86. The molecule has 2 rings (SSSR count). The Morgan fingerprint density at radius 2 is 2.07 bits per heavy atom. The number of nitrogens with zero attached hydrogens (tertiary/aromatic N) is 1. The van der Waals surface area contributed by atoms with E-state index in [4.69, 9.17) is 16.6 Å². The molecule has 0 amide bonds. The monoisotopic (exact) mass is 220 g/mol. The van der Waals surface area contributed by atoms with E-state index in [1.165, 1.54) is 0 Å². The quantitative estimate of drug-likeness (QED) is 0.749. The molecule has 0 saturated carbocycles. The number of nitrogens with one attached hydrogen (secondary N) is 1. The Labute approximate surface area is 93.2 Å². The SMILES string of the molecule is Cc1[nH]c(-c2ccoc2C)nc(=S)c1C. The van der Waals surface area contributed by atoms with Crippen LogP contribution in [0.5, 0.6) is 0 Å². The minimum atomic E-state index is 0.641. The van der Waals surface area contributed by atoms with E-state index in [0.717, 1.165) is 28.4 Å². The van der Waals surface area contributed by atoms with Crippen molar-refractivity contribution in [2.45, 2.75) is 20.8 Å². The molecule has 0 atom stereocenters. The van der Waals surface area contributed by atoms with Crippen LogP contribution in [-0.4, -0.2) is 9.97 Å². The fourth-order valence-electron chi connectivity index (χ4n) is 1.40. The number of aryl methyl sites for hydroxylation is 2. The van der Waals surface area contributed by atoms with E-state index in [9.17, 15) is 0 Å². The predicted molar refractivity (Wildman–Crippen MR) is 61.3 cm³/mol. The van der Waals surface area contributed by atoms with Gasteiger partial charge in [0.05, 0.1) is 11.8 Å². The zero-order valence-corrected chi connectivity index (χ0v) is 9.73. The van der Waals surface area contributed by atoms with E-state index in [-0.39, 0.29) is 0 Å².